The number of carbonyl (C=O) groups is 1. The fourth-order valence-electron chi connectivity index (χ4n) is 5.10. The van der Waals surface area contributed by atoms with E-state index in [1.165, 1.54) is 6.07 Å². The van der Waals surface area contributed by atoms with Gasteiger partial charge in [-0.25, -0.2) is 13.4 Å². The number of hydrogen-bond acceptors (Lipinski definition) is 5. The summed E-state index contributed by atoms with van der Waals surface area (Å²) in [4.78, 5) is 22.9. The molecule has 9 heteroatoms. The van der Waals surface area contributed by atoms with Gasteiger partial charge in [-0.2, -0.15) is 4.72 Å². The third-order valence-corrected chi connectivity index (χ3v) is 8.74. The lowest BCUT2D eigenvalue weighted by atomic mass is 9.98. The second-order valence-electron chi connectivity index (χ2n) is 9.90. The highest BCUT2D eigenvalue weighted by Crippen LogP contribution is 2.30. The van der Waals surface area contributed by atoms with Crippen LogP contribution in [0.15, 0.2) is 76.3 Å². The number of piperidine rings is 1. The van der Waals surface area contributed by atoms with Gasteiger partial charge in [0.1, 0.15) is 17.2 Å². The fourth-order valence-corrected chi connectivity index (χ4v) is 6.31. The molecule has 0 radical (unpaired) electrons. The van der Waals surface area contributed by atoms with Crippen LogP contribution in [0.1, 0.15) is 25.3 Å². The predicted molar refractivity (Wildman–Crippen MR) is 143 cm³/mol. The molecule has 1 saturated heterocycles. The first-order chi connectivity index (χ1) is 17.9. The van der Waals surface area contributed by atoms with Gasteiger partial charge in [0.15, 0.2) is 0 Å². The van der Waals surface area contributed by atoms with E-state index in [1.54, 1.807) is 23.4 Å². The number of aromatic amines is 1. The molecule has 1 aliphatic rings. The average Bonchev–Trinajstić information content (AvgIpc) is 3.52. The Kier molecular flexibility index (Phi) is 5.97. The molecule has 5 aromatic rings. The van der Waals surface area contributed by atoms with Crippen LogP contribution in [-0.2, 0) is 21.2 Å². The van der Waals surface area contributed by atoms with Crippen LogP contribution in [0.4, 0.5) is 0 Å². The zero-order valence-electron chi connectivity index (χ0n) is 20.5. The monoisotopic (exact) mass is 516 g/mol. The summed E-state index contributed by atoms with van der Waals surface area (Å²) in [5, 5.41) is 1.56. The number of amides is 1. The number of fused-ring (bicyclic) bond motifs is 4. The number of para-hydroxylation sites is 1. The number of rotatable bonds is 6. The molecule has 0 spiro atoms. The Labute approximate surface area is 214 Å². The lowest BCUT2D eigenvalue weighted by Crippen LogP contribution is -2.51. The van der Waals surface area contributed by atoms with E-state index >= 15 is 0 Å². The van der Waals surface area contributed by atoms with Crippen molar-refractivity contribution in [1.29, 1.82) is 0 Å². The Morgan fingerprint density at radius 2 is 1.86 bits per heavy atom. The first kappa shape index (κ1) is 23.7. The normalized spacial score (nSPS) is 16.1. The molecule has 3 heterocycles. The van der Waals surface area contributed by atoms with Crippen molar-refractivity contribution in [3.63, 3.8) is 0 Å². The van der Waals surface area contributed by atoms with Crippen LogP contribution in [0.3, 0.4) is 0 Å². The Morgan fingerprint density at radius 3 is 2.70 bits per heavy atom. The van der Waals surface area contributed by atoms with Gasteiger partial charge in [-0.15, -0.1) is 0 Å². The third kappa shape index (κ3) is 4.60. The zero-order chi connectivity index (χ0) is 25.6. The van der Waals surface area contributed by atoms with Crippen molar-refractivity contribution in [2.24, 2.45) is 5.92 Å². The molecule has 1 aliphatic heterocycles. The van der Waals surface area contributed by atoms with Gasteiger partial charge in [0, 0.05) is 23.9 Å². The van der Waals surface area contributed by atoms with Gasteiger partial charge in [0.25, 0.3) is 0 Å². The number of aromatic nitrogens is 2. The van der Waals surface area contributed by atoms with E-state index in [1.807, 2.05) is 42.5 Å². The summed E-state index contributed by atoms with van der Waals surface area (Å²) in [6.45, 7) is 3.43. The maximum atomic E-state index is 13.6. The van der Waals surface area contributed by atoms with Crippen molar-refractivity contribution in [2.75, 3.05) is 13.1 Å². The molecule has 8 nitrogen and oxygen atoms in total. The lowest BCUT2D eigenvalue weighted by Gasteiger charge is -2.33. The van der Waals surface area contributed by atoms with Gasteiger partial charge in [-0.05, 0) is 67.1 Å². The minimum absolute atomic E-state index is 0.0966. The van der Waals surface area contributed by atoms with Crippen molar-refractivity contribution < 1.29 is 17.6 Å². The molecule has 1 fully saturated rings. The highest BCUT2D eigenvalue weighted by molar-refractivity contribution is 7.89. The number of nitrogens with one attached hydrogen (secondary N) is 2. The van der Waals surface area contributed by atoms with Crippen molar-refractivity contribution in [3.8, 4) is 0 Å². The van der Waals surface area contributed by atoms with Crippen LogP contribution in [-0.4, -0.2) is 48.3 Å². The molecular weight excluding hydrogens is 488 g/mol. The predicted octanol–water partition coefficient (Wildman–Crippen LogP) is 4.61. The van der Waals surface area contributed by atoms with E-state index in [0.29, 0.717) is 30.2 Å². The van der Waals surface area contributed by atoms with Crippen LogP contribution < -0.4 is 4.72 Å². The summed E-state index contributed by atoms with van der Waals surface area (Å²) < 4.78 is 35.8. The summed E-state index contributed by atoms with van der Waals surface area (Å²) >= 11 is 0. The maximum Gasteiger partial charge on any atom is 0.241 e. The quantitative estimate of drug-likeness (QED) is 0.343. The standard InChI is InChI=1S/C28H28N4O4S/c1-18-10-12-32(13-11-18)28(33)25(15-19-6-8-23-24(14-19)30-17-29-23)31-37(34,35)20-7-9-27-22(16-20)21-4-2-3-5-26(21)36-27/h2-9,14,16-18,25,31H,10-13,15H2,1H3,(H,29,30). The highest BCUT2D eigenvalue weighted by atomic mass is 32.2. The second kappa shape index (κ2) is 9.32. The van der Waals surface area contributed by atoms with E-state index in [4.69, 9.17) is 4.42 Å². The molecule has 2 N–H and O–H groups in total. The fraction of sp³-hybridized carbons (Fsp3) is 0.286. The Balaban J connectivity index is 1.33. The van der Waals surface area contributed by atoms with Crippen LogP contribution in [0.5, 0.6) is 0 Å². The Morgan fingerprint density at radius 1 is 1.08 bits per heavy atom. The number of likely N-dealkylation sites (tertiary alicyclic amines) is 1. The lowest BCUT2D eigenvalue weighted by molar-refractivity contribution is -0.134. The van der Waals surface area contributed by atoms with E-state index in [0.717, 1.165) is 40.2 Å². The average molecular weight is 517 g/mol. The van der Waals surface area contributed by atoms with Crippen molar-refractivity contribution in [2.45, 2.75) is 37.1 Å². The summed E-state index contributed by atoms with van der Waals surface area (Å²) in [7, 11) is -4.00. The number of benzene rings is 3. The summed E-state index contributed by atoms with van der Waals surface area (Å²) in [6.07, 6.45) is 3.66. The Bertz CT molecular complexity index is 1710. The van der Waals surface area contributed by atoms with Crippen molar-refractivity contribution >= 4 is 48.9 Å². The molecule has 1 amide bonds. The number of sulfonamides is 1. The second-order valence-corrected chi connectivity index (χ2v) is 11.6. The summed E-state index contributed by atoms with van der Waals surface area (Å²) in [6, 6.07) is 17.1. The molecule has 3 aromatic carbocycles. The van der Waals surface area contributed by atoms with Crippen molar-refractivity contribution in [3.05, 3.63) is 72.6 Å². The van der Waals surface area contributed by atoms with E-state index in [9.17, 15) is 13.2 Å². The molecule has 190 valence electrons. The number of furan rings is 1. The molecule has 0 aliphatic carbocycles. The molecular formula is C28H28N4O4S. The number of H-pyrrole nitrogens is 1. The van der Waals surface area contributed by atoms with Gasteiger partial charge in [-0.1, -0.05) is 31.2 Å². The van der Waals surface area contributed by atoms with Crippen LogP contribution in [0, 0.1) is 5.92 Å². The Hall–Kier alpha value is -3.69. The number of hydrogen-bond donors (Lipinski definition) is 2. The molecule has 0 bridgehead atoms. The molecule has 1 unspecified atom stereocenters. The van der Waals surface area contributed by atoms with E-state index < -0.39 is 16.1 Å². The van der Waals surface area contributed by atoms with Crippen LogP contribution in [0.2, 0.25) is 0 Å². The van der Waals surface area contributed by atoms with Gasteiger partial charge in [0.2, 0.25) is 15.9 Å². The maximum absolute atomic E-state index is 13.6. The summed E-state index contributed by atoms with van der Waals surface area (Å²) in [5.74, 6) is 0.352. The number of nitrogens with zero attached hydrogens (tertiary/aromatic N) is 2. The van der Waals surface area contributed by atoms with Gasteiger partial charge < -0.3 is 14.3 Å². The minimum atomic E-state index is -4.00. The van der Waals surface area contributed by atoms with Gasteiger partial charge in [0.05, 0.1) is 22.3 Å². The van der Waals surface area contributed by atoms with E-state index in [2.05, 4.69) is 21.6 Å². The SMILES string of the molecule is CC1CCN(C(=O)C(Cc2ccc3[nH]cnc3c2)NS(=O)(=O)c2ccc3oc4ccccc4c3c2)CC1. The third-order valence-electron chi connectivity index (χ3n) is 7.27. The van der Waals surface area contributed by atoms with Crippen LogP contribution >= 0.6 is 0 Å². The summed E-state index contributed by atoms with van der Waals surface area (Å²) in [5.41, 5.74) is 3.81. The molecule has 6 rings (SSSR count). The van der Waals surface area contributed by atoms with Gasteiger partial charge in [-0.3, -0.25) is 4.79 Å². The van der Waals surface area contributed by atoms with E-state index in [-0.39, 0.29) is 17.2 Å². The molecule has 37 heavy (non-hydrogen) atoms. The first-order valence-electron chi connectivity index (χ1n) is 12.5. The van der Waals surface area contributed by atoms with Gasteiger partial charge >= 0.3 is 0 Å². The van der Waals surface area contributed by atoms with Crippen molar-refractivity contribution in [1.82, 2.24) is 19.6 Å². The minimum Gasteiger partial charge on any atom is -0.456 e. The highest BCUT2D eigenvalue weighted by Gasteiger charge is 2.31. The molecule has 2 aromatic heterocycles. The number of carbonyl (C=O) groups excluding carboxylic acids is 1. The van der Waals surface area contributed by atoms with Crippen LogP contribution in [0.25, 0.3) is 33.0 Å². The molecule has 0 saturated carbocycles. The largest absolute Gasteiger partial charge is 0.456 e. The molecule has 1 atom stereocenters. The topological polar surface area (TPSA) is 108 Å². The first-order valence-corrected chi connectivity index (χ1v) is 14.0. The number of imidazole rings is 1. The zero-order valence-corrected chi connectivity index (χ0v) is 21.3. The smallest absolute Gasteiger partial charge is 0.241 e.